The minimum Gasteiger partial charge on any atom is -0.301 e. The lowest BCUT2D eigenvalue weighted by Gasteiger charge is -2.04. The summed E-state index contributed by atoms with van der Waals surface area (Å²) in [5.41, 5.74) is 1.80. The number of benzene rings is 2. The number of aryl methyl sites for hydroxylation is 1. The molecule has 24 heavy (non-hydrogen) atoms. The van der Waals surface area contributed by atoms with Gasteiger partial charge in [-0.2, -0.15) is 0 Å². The van der Waals surface area contributed by atoms with E-state index in [0.29, 0.717) is 10.2 Å². The van der Waals surface area contributed by atoms with Gasteiger partial charge in [0.2, 0.25) is 5.91 Å². The Morgan fingerprint density at radius 2 is 1.92 bits per heavy atom. The van der Waals surface area contributed by atoms with E-state index in [1.807, 2.05) is 25.1 Å². The Kier molecular flexibility index (Phi) is 4.58. The Bertz CT molecular complexity index is 1010. The number of amides is 1. The monoisotopic (exact) mass is 380 g/mol. The van der Waals surface area contributed by atoms with Gasteiger partial charge < -0.3 is 5.32 Å². The highest BCUT2D eigenvalue weighted by Crippen LogP contribution is 2.28. The molecule has 3 rings (SSSR count). The molecule has 0 aliphatic heterocycles. The topological polar surface area (TPSA) is 76.1 Å². The maximum absolute atomic E-state index is 12.2. The lowest BCUT2D eigenvalue weighted by atomic mass is 10.2. The molecule has 0 fully saturated rings. The number of nitrogens with one attached hydrogen (secondary N) is 1. The zero-order valence-electron chi connectivity index (χ0n) is 12.6. The zero-order chi connectivity index (χ0) is 17.3. The van der Waals surface area contributed by atoms with Gasteiger partial charge >= 0.3 is 0 Å². The normalized spacial score (nSPS) is 11.6. The molecule has 124 valence electrons. The Balaban J connectivity index is 1.77. The summed E-state index contributed by atoms with van der Waals surface area (Å²) in [7, 11) is -3.73. The van der Waals surface area contributed by atoms with Crippen molar-refractivity contribution in [3.8, 4) is 0 Å². The number of hydrogen-bond donors (Lipinski definition) is 1. The number of sulfone groups is 1. The molecule has 5 nitrogen and oxygen atoms in total. The molecule has 0 bridgehead atoms. The van der Waals surface area contributed by atoms with Gasteiger partial charge in [0, 0.05) is 5.02 Å². The Morgan fingerprint density at radius 1 is 1.21 bits per heavy atom. The van der Waals surface area contributed by atoms with Gasteiger partial charge in [0.05, 0.1) is 15.1 Å². The highest BCUT2D eigenvalue weighted by atomic mass is 35.5. The van der Waals surface area contributed by atoms with Gasteiger partial charge in [-0.3, -0.25) is 4.79 Å². The second-order valence-corrected chi connectivity index (χ2v) is 8.66. The average molecular weight is 381 g/mol. The molecule has 0 aliphatic rings. The second kappa shape index (κ2) is 6.51. The third-order valence-electron chi connectivity index (χ3n) is 3.36. The molecule has 3 aromatic rings. The molecule has 0 aliphatic carbocycles. The van der Waals surface area contributed by atoms with Crippen LogP contribution in [0.15, 0.2) is 47.4 Å². The molecule has 1 aromatic heterocycles. The predicted octanol–water partition coefficient (Wildman–Crippen LogP) is 3.67. The minimum atomic E-state index is -3.73. The molecule has 2 aromatic carbocycles. The van der Waals surface area contributed by atoms with Crippen molar-refractivity contribution in [1.29, 1.82) is 0 Å². The largest absolute Gasteiger partial charge is 0.301 e. The first-order valence-electron chi connectivity index (χ1n) is 6.99. The highest BCUT2D eigenvalue weighted by Gasteiger charge is 2.20. The van der Waals surface area contributed by atoms with Crippen molar-refractivity contribution in [1.82, 2.24) is 4.98 Å². The fourth-order valence-electron chi connectivity index (χ4n) is 2.19. The van der Waals surface area contributed by atoms with Crippen molar-refractivity contribution in [2.75, 3.05) is 11.1 Å². The van der Waals surface area contributed by atoms with Crippen molar-refractivity contribution in [3.63, 3.8) is 0 Å². The maximum Gasteiger partial charge on any atom is 0.241 e. The number of carbonyl (C=O) groups is 1. The van der Waals surface area contributed by atoms with Crippen molar-refractivity contribution < 1.29 is 13.2 Å². The second-order valence-electron chi connectivity index (χ2n) is 5.20. The lowest BCUT2D eigenvalue weighted by Crippen LogP contribution is -2.22. The standard InChI is InChI=1S/C16H13ClN2O3S2/c1-10-3-2-4-13-15(10)19-16(23-13)18-14(20)9-24(21,22)12-7-5-11(17)6-8-12/h2-8H,9H2,1H3,(H,18,19,20). The van der Waals surface area contributed by atoms with E-state index in [2.05, 4.69) is 10.3 Å². The SMILES string of the molecule is Cc1cccc2sc(NC(=O)CS(=O)(=O)c3ccc(Cl)cc3)nc12. The maximum atomic E-state index is 12.2. The highest BCUT2D eigenvalue weighted by molar-refractivity contribution is 7.92. The number of aromatic nitrogens is 1. The van der Waals surface area contributed by atoms with Crippen LogP contribution in [-0.4, -0.2) is 25.1 Å². The summed E-state index contributed by atoms with van der Waals surface area (Å²) < 4.78 is 25.4. The Hall–Kier alpha value is -1.96. The van der Waals surface area contributed by atoms with Crippen molar-refractivity contribution in [2.45, 2.75) is 11.8 Å². The van der Waals surface area contributed by atoms with Crippen LogP contribution in [0, 0.1) is 6.92 Å². The summed E-state index contributed by atoms with van der Waals surface area (Å²) in [6.45, 7) is 1.93. The van der Waals surface area contributed by atoms with Crippen LogP contribution in [0.2, 0.25) is 5.02 Å². The molecule has 1 amide bonds. The van der Waals surface area contributed by atoms with E-state index in [0.717, 1.165) is 15.8 Å². The summed E-state index contributed by atoms with van der Waals surface area (Å²) in [6.07, 6.45) is 0. The fourth-order valence-corrected chi connectivity index (χ4v) is 4.41. The molecule has 0 saturated carbocycles. The Labute approximate surface area is 148 Å². The first kappa shape index (κ1) is 16.9. The van der Waals surface area contributed by atoms with E-state index in [4.69, 9.17) is 11.6 Å². The number of halogens is 1. The third-order valence-corrected chi connectivity index (χ3v) is 6.18. The number of nitrogens with zero attached hydrogens (tertiary/aromatic N) is 1. The molecule has 1 N–H and O–H groups in total. The molecule has 0 unspecified atom stereocenters. The smallest absolute Gasteiger partial charge is 0.241 e. The van der Waals surface area contributed by atoms with Crippen molar-refractivity contribution >= 4 is 54.0 Å². The number of hydrogen-bond acceptors (Lipinski definition) is 5. The quantitative estimate of drug-likeness (QED) is 0.749. The number of carbonyl (C=O) groups excluding carboxylic acids is 1. The number of anilines is 1. The summed E-state index contributed by atoms with van der Waals surface area (Å²) in [6, 6.07) is 11.5. The summed E-state index contributed by atoms with van der Waals surface area (Å²) in [5, 5.41) is 3.38. The van der Waals surface area contributed by atoms with Gasteiger partial charge in [0.25, 0.3) is 0 Å². The van der Waals surface area contributed by atoms with Gasteiger partial charge in [0.15, 0.2) is 15.0 Å². The summed E-state index contributed by atoms with van der Waals surface area (Å²) >= 11 is 7.05. The molecule has 8 heteroatoms. The van der Waals surface area contributed by atoms with Gasteiger partial charge in [-0.15, -0.1) is 0 Å². The average Bonchev–Trinajstić information content (AvgIpc) is 2.90. The van der Waals surface area contributed by atoms with E-state index in [9.17, 15) is 13.2 Å². The minimum absolute atomic E-state index is 0.0576. The summed E-state index contributed by atoms with van der Waals surface area (Å²) in [5.74, 6) is -1.27. The van der Waals surface area contributed by atoms with E-state index < -0.39 is 21.5 Å². The molecular formula is C16H13ClN2O3S2. The molecule has 0 spiro atoms. The molecular weight excluding hydrogens is 368 g/mol. The van der Waals surface area contributed by atoms with Crippen LogP contribution < -0.4 is 5.32 Å². The van der Waals surface area contributed by atoms with Gasteiger partial charge in [-0.1, -0.05) is 35.1 Å². The molecule has 0 radical (unpaired) electrons. The number of para-hydroxylation sites is 1. The van der Waals surface area contributed by atoms with E-state index >= 15 is 0 Å². The van der Waals surface area contributed by atoms with Crippen molar-refractivity contribution in [2.24, 2.45) is 0 Å². The molecule has 0 saturated heterocycles. The van der Waals surface area contributed by atoms with Crippen LogP contribution in [0.25, 0.3) is 10.2 Å². The summed E-state index contributed by atoms with van der Waals surface area (Å²) in [4.78, 5) is 16.5. The van der Waals surface area contributed by atoms with Crippen LogP contribution in [0.4, 0.5) is 5.13 Å². The van der Waals surface area contributed by atoms with Crippen LogP contribution in [0.3, 0.4) is 0 Å². The van der Waals surface area contributed by atoms with Gasteiger partial charge in [-0.25, -0.2) is 13.4 Å². The molecule has 1 heterocycles. The van der Waals surface area contributed by atoms with E-state index in [1.165, 1.54) is 35.6 Å². The van der Waals surface area contributed by atoms with Crippen LogP contribution in [0.1, 0.15) is 5.56 Å². The zero-order valence-corrected chi connectivity index (χ0v) is 15.0. The molecule has 0 atom stereocenters. The first-order chi connectivity index (χ1) is 11.3. The first-order valence-corrected chi connectivity index (χ1v) is 9.84. The predicted molar refractivity (Wildman–Crippen MR) is 96.5 cm³/mol. The van der Waals surface area contributed by atoms with Gasteiger partial charge in [0.1, 0.15) is 5.75 Å². The van der Waals surface area contributed by atoms with Crippen LogP contribution >= 0.6 is 22.9 Å². The lowest BCUT2D eigenvalue weighted by molar-refractivity contribution is -0.113. The van der Waals surface area contributed by atoms with Crippen LogP contribution in [-0.2, 0) is 14.6 Å². The number of fused-ring (bicyclic) bond motifs is 1. The van der Waals surface area contributed by atoms with Crippen LogP contribution in [0.5, 0.6) is 0 Å². The van der Waals surface area contributed by atoms with E-state index in [-0.39, 0.29) is 4.90 Å². The van der Waals surface area contributed by atoms with E-state index in [1.54, 1.807) is 0 Å². The van der Waals surface area contributed by atoms with Gasteiger partial charge in [-0.05, 0) is 42.8 Å². The van der Waals surface area contributed by atoms with Crippen molar-refractivity contribution in [3.05, 3.63) is 53.1 Å². The Morgan fingerprint density at radius 3 is 2.58 bits per heavy atom. The number of rotatable bonds is 4. The fraction of sp³-hybridized carbons (Fsp3) is 0.125. The third kappa shape index (κ3) is 3.58. The number of thiazole rings is 1.